The number of hydrogen-bond acceptors (Lipinski definition) is 5. The van der Waals surface area contributed by atoms with Gasteiger partial charge in [0.2, 0.25) is 5.89 Å². The van der Waals surface area contributed by atoms with Gasteiger partial charge in [0.25, 0.3) is 0 Å². The first kappa shape index (κ1) is 27.0. The normalized spacial score (nSPS) is 11.8. The van der Waals surface area contributed by atoms with E-state index in [0.29, 0.717) is 5.89 Å². The van der Waals surface area contributed by atoms with E-state index in [0.717, 1.165) is 61.1 Å². The highest BCUT2D eigenvalue weighted by molar-refractivity contribution is 7.26. The molecule has 10 rings (SSSR count). The van der Waals surface area contributed by atoms with Gasteiger partial charge in [-0.15, -0.1) is 11.3 Å². The monoisotopic (exact) mass is 634 g/mol. The molecule has 0 saturated carbocycles. The van der Waals surface area contributed by atoms with Crippen LogP contribution < -0.4 is 4.90 Å². The summed E-state index contributed by atoms with van der Waals surface area (Å²) in [5.74, 6) is 0.611. The van der Waals surface area contributed by atoms with Crippen LogP contribution in [0.1, 0.15) is 0 Å². The molecule has 3 aromatic heterocycles. The molecule has 0 atom stereocenters. The first-order chi connectivity index (χ1) is 23.8. The average molecular weight is 635 g/mol. The molecule has 0 radical (unpaired) electrons. The minimum Gasteiger partial charge on any atom is -0.456 e. The maximum Gasteiger partial charge on any atom is 0.227 e. The Kier molecular flexibility index (Phi) is 6.01. The van der Waals surface area contributed by atoms with Gasteiger partial charge in [0.05, 0.1) is 5.69 Å². The van der Waals surface area contributed by atoms with Crippen molar-refractivity contribution in [1.82, 2.24) is 4.98 Å². The number of oxazole rings is 1. The molecule has 4 nitrogen and oxygen atoms in total. The summed E-state index contributed by atoms with van der Waals surface area (Å²) in [6.45, 7) is 0. The number of furan rings is 1. The summed E-state index contributed by atoms with van der Waals surface area (Å²) >= 11 is 1.84. The van der Waals surface area contributed by atoms with Crippen molar-refractivity contribution in [2.24, 2.45) is 0 Å². The molecule has 3 heterocycles. The van der Waals surface area contributed by atoms with E-state index in [2.05, 4.69) is 120 Å². The predicted molar refractivity (Wildman–Crippen MR) is 200 cm³/mol. The summed E-state index contributed by atoms with van der Waals surface area (Å²) in [6.07, 6.45) is 0. The highest BCUT2D eigenvalue weighted by Crippen LogP contribution is 2.45. The van der Waals surface area contributed by atoms with Gasteiger partial charge in [-0.2, -0.15) is 0 Å². The summed E-state index contributed by atoms with van der Waals surface area (Å²) in [7, 11) is 0. The van der Waals surface area contributed by atoms with Gasteiger partial charge < -0.3 is 13.7 Å². The van der Waals surface area contributed by atoms with Crippen LogP contribution in [0.15, 0.2) is 167 Å². The third-order valence-corrected chi connectivity index (χ3v) is 10.2. The number of rotatable bonds is 5. The highest BCUT2D eigenvalue weighted by Gasteiger charge is 2.19. The molecule has 0 bridgehead atoms. The van der Waals surface area contributed by atoms with Crippen LogP contribution in [0, 0.1) is 0 Å². The number of para-hydroxylation sites is 1. The van der Waals surface area contributed by atoms with Crippen molar-refractivity contribution in [2.75, 3.05) is 4.90 Å². The zero-order chi connectivity index (χ0) is 31.6. The molecule has 0 aliphatic rings. The largest absolute Gasteiger partial charge is 0.456 e. The van der Waals surface area contributed by atoms with Crippen LogP contribution in [0.4, 0.5) is 17.1 Å². The molecule has 0 spiro atoms. The lowest BCUT2D eigenvalue weighted by atomic mass is 10.0. The van der Waals surface area contributed by atoms with E-state index < -0.39 is 0 Å². The van der Waals surface area contributed by atoms with Gasteiger partial charge in [0.1, 0.15) is 16.7 Å². The summed E-state index contributed by atoms with van der Waals surface area (Å²) in [5, 5.41) is 4.63. The Morgan fingerprint density at radius 2 is 1.17 bits per heavy atom. The Labute approximate surface area is 279 Å². The fourth-order valence-corrected chi connectivity index (χ4v) is 7.96. The molecule has 226 valence electrons. The fraction of sp³-hybridized carbons (Fsp3) is 0. The second kappa shape index (κ2) is 10.7. The summed E-state index contributed by atoms with van der Waals surface area (Å²) in [4.78, 5) is 7.09. The molecule has 5 heteroatoms. The smallest absolute Gasteiger partial charge is 0.227 e. The number of aromatic nitrogens is 1. The number of anilines is 3. The molecule has 0 unspecified atom stereocenters. The Morgan fingerprint density at radius 1 is 0.458 bits per heavy atom. The summed E-state index contributed by atoms with van der Waals surface area (Å²) < 4.78 is 15.1. The van der Waals surface area contributed by atoms with Gasteiger partial charge in [0.15, 0.2) is 5.58 Å². The lowest BCUT2D eigenvalue weighted by Gasteiger charge is -2.26. The van der Waals surface area contributed by atoms with Crippen LogP contribution in [0.3, 0.4) is 0 Å². The lowest BCUT2D eigenvalue weighted by molar-refractivity contribution is 0.620. The minimum absolute atomic E-state index is 0.611. The third-order valence-electron chi connectivity index (χ3n) is 9.10. The lowest BCUT2D eigenvalue weighted by Crippen LogP contribution is -2.10. The van der Waals surface area contributed by atoms with Crippen molar-refractivity contribution >= 4 is 81.6 Å². The Morgan fingerprint density at radius 3 is 2.02 bits per heavy atom. The van der Waals surface area contributed by atoms with E-state index >= 15 is 0 Å². The quantitative estimate of drug-likeness (QED) is 0.189. The number of nitrogens with zero attached hydrogens (tertiary/aromatic N) is 2. The Bertz CT molecular complexity index is 2780. The Hall–Kier alpha value is -6.17. The first-order valence-electron chi connectivity index (χ1n) is 15.9. The maximum absolute atomic E-state index is 6.39. The highest BCUT2D eigenvalue weighted by atomic mass is 32.1. The zero-order valence-corrected chi connectivity index (χ0v) is 26.4. The molecule has 0 N–H and O–H groups in total. The van der Waals surface area contributed by atoms with E-state index in [-0.39, 0.29) is 0 Å². The van der Waals surface area contributed by atoms with Crippen LogP contribution in [0.2, 0.25) is 0 Å². The SMILES string of the molecule is c1ccc(-c2nc3cc4oc5cc(-c6ccc(N(c7ccccc7)c7cccc8sc9ccccc9c78)cc6)ccc5c4cc3o2)cc1. The summed E-state index contributed by atoms with van der Waals surface area (Å²) in [5.41, 5.74) is 9.72. The fourth-order valence-electron chi connectivity index (χ4n) is 6.83. The van der Waals surface area contributed by atoms with E-state index in [4.69, 9.17) is 13.8 Å². The van der Waals surface area contributed by atoms with Crippen LogP contribution >= 0.6 is 11.3 Å². The molecule has 10 aromatic rings. The van der Waals surface area contributed by atoms with Crippen molar-refractivity contribution in [1.29, 1.82) is 0 Å². The topological polar surface area (TPSA) is 42.4 Å². The molecule has 0 fully saturated rings. The van der Waals surface area contributed by atoms with Crippen molar-refractivity contribution < 1.29 is 8.83 Å². The van der Waals surface area contributed by atoms with E-state index in [1.165, 1.54) is 25.9 Å². The molecule has 7 aromatic carbocycles. The predicted octanol–water partition coefficient (Wildman–Crippen LogP) is 12.9. The van der Waals surface area contributed by atoms with E-state index in [1.807, 2.05) is 53.8 Å². The van der Waals surface area contributed by atoms with Gasteiger partial charge in [-0.1, -0.05) is 78.9 Å². The molecule has 0 aliphatic heterocycles. The summed E-state index contributed by atoms with van der Waals surface area (Å²) in [6, 6.07) is 55.1. The minimum atomic E-state index is 0.611. The second-order valence-electron chi connectivity index (χ2n) is 12.0. The molecule has 0 aliphatic carbocycles. The van der Waals surface area contributed by atoms with Crippen LogP contribution in [0.25, 0.3) is 75.8 Å². The van der Waals surface area contributed by atoms with Gasteiger partial charge in [0, 0.05) is 53.9 Å². The van der Waals surface area contributed by atoms with Crippen LogP contribution in [-0.2, 0) is 0 Å². The number of thiophene rings is 1. The van der Waals surface area contributed by atoms with Crippen LogP contribution in [-0.4, -0.2) is 4.98 Å². The van der Waals surface area contributed by atoms with Gasteiger partial charge in [-0.3, -0.25) is 0 Å². The van der Waals surface area contributed by atoms with Crippen molar-refractivity contribution in [2.45, 2.75) is 0 Å². The van der Waals surface area contributed by atoms with E-state index in [1.54, 1.807) is 0 Å². The number of hydrogen-bond donors (Lipinski definition) is 0. The second-order valence-corrected chi connectivity index (χ2v) is 13.1. The van der Waals surface area contributed by atoms with Crippen molar-refractivity contribution in [3.8, 4) is 22.6 Å². The number of fused-ring (bicyclic) bond motifs is 7. The molecule has 0 amide bonds. The zero-order valence-electron chi connectivity index (χ0n) is 25.6. The van der Waals surface area contributed by atoms with Crippen LogP contribution in [0.5, 0.6) is 0 Å². The first-order valence-corrected chi connectivity index (χ1v) is 16.8. The maximum atomic E-state index is 6.39. The number of benzene rings is 7. The van der Waals surface area contributed by atoms with Crippen molar-refractivity contribution in [3.05, 3.63) is 158 Å². The molecular formula is C43H26N2O2S. The average Bonchev–Trinajstić information content (AvgIpc) is 3.84. The van der Waals surface area contributed by atoms with Gasteiger partial charge >= 0.3 is 0 Å². The molecule has 0 saturated heterocycles. The molecular weight excluding hydrogens is 609 g/mol. The molecule has 48 heavy (non-hydrogen) atoms. The van der Waals surface area contributed by atoms with Gasteiger partial charge in [-0.05, 0) is 83.9 Å². The Balaban J connectivity index is 1.04. The third kappa shape index (κ3) is 4.33. The van der Waals surface area contributed by atoms with Gasteiger partial charge in [-0.25, -0.2) is 4.98 Å². The van der Waals surface area contributed by atoms with Crippen molar-refractivity contribution in [3.63, 3.8) is 0 Å². The van der Waals surface area contributed by atoms with E-state index in [9.17, 15) is 0 Å². The standard InChI is InChI=1S/C43H26N2O2S/c1-3-10-28(11-4-1)43-44-35-26-38-34(25-39(35)47-43)32-23-20-29(24-37(32)46-38)27-18-21-31(22-19-27)45(30-12-5-2-6-13-30)36-15-9-17-41-42(36)33-14-7-8-16-40(33)48-41/h1-26H.